The quantitative estimate of drug-likeness (QED) is 0.473. The Hall–Kier alpha value is -1.98. The summed E-state index contributed by atoms with van der Waals surface area (Å²) in [6, 6.07) is 0. The number of imidazole rings is 1. The van der Waals surface area contributed by atoms with E-state index in [2.05, 4.69) is 15.0 Å². The van der Waals surface area contributed by atoms with Gasteiger partial charge in [0.2, 0.25) is 17.5 Å². The van der Waals surface area contributed by atoms with E-state index < -0.39 is 13.7 Å². The van der Waals surface area contributed by atoms with Crippen molar-refractivity contribution in [2.45, 2.75) is 20.0 Å². The van der Waals surface area contributed by atoms with Gasteiger partial charge in [0.1, 0.15) is 25.4 Å². The standard InChI is InChI=1S/C14H24N5O7P/c1-4-25-27(21,26-5-2)9-23-10(6-20)7-24-19-8-16-11-12(19)17-14(15)18-13(11)22-3/h8,10,20H,4-7,9H2,1-3H3,(H2,15,17,18)/t10-/m1/s1. The number of fused-ring (bicyclic) bond motifs is 1. The number of nitrogens with zero attached hydrogens (tertiary/aromatic N) is 4. The van der Waals surface area contributed by atoms with Crippen LogP contribution in [-0.4, -0.2) is 70.8 Å². The van der Waals surface area contributed by atoms with Crippen molar-refractivity contribution in [1.29, 1.82) is 0 Å². The molecule has 0 spiro atoms. The summed E-state index contributed by atoms with van der Waals surface area (Å²) in [5.74, 6) is 0.207. The SMILES string of the molecule is CCOP(=O)(CO[C@H](CO)COn1cnc2c(OC)nc(N)nc21)OCC. The number of aromatic nitrogens is 4. The fourth-order valence-corrected chi connectivity index (χ4v) is 3.53. The third-order valence-corrected chi connectivity index (χ3v) is 5.04. The van der Waals surface area contributed by atoms with Crippen molar-refractivity contribution >= 4 is 24.7 Å². The molecule has 0 aromatic carbocycles. The molecule has 3 N–H and O–H groups in total. The summed E-state index contributed by atoms with van der Waals surface area (Å²) in [5, 5.41) is 9.48. The van der Waals surface area contributed by atoms with Crippen LogP contribution in [0.1, 0.15) is 13.8 Å². The van der Waals surface area contributed by atoms with Crippen molar-refractivity contribution in [1.82, 2.24) is 19.7 Å². The minimum absolute atomic E-state index is 0.00553. The van der Waals surface area contributed by atoms with Gasteiger partial charge in [-0.15, -0.1) is 0 Å². The predicted molar refractivity (Wildman–Crippen MR) is 95.4 cm³/mol. The molecule has 13 heteroatoms. The molecule has 0 unspecified atom stereocenters. The molecule has 0 saturated heterocycles. The van der Waals surface area contributed by atoms with E-state index in [4.69, 9.17) is 29.1 Å². The van der Waals surface area contributed by atoms with Gasteiger partial charge in [0.15, 0.2) is 5.52 Å². The molecule has 2 aromatic heterocycles. The van der Waals surface area contributed by atoms with Gasteiger partial charge in [-0.1, -0.05) is 0 Å². The minimum Gasteiger partial charge on any atom is -0.479 e. The number of anilines is 1. The van der Waals surface area contributed by atoms with Crippen LogP contribution in [0.3, 0.4) is 0 Å². The maximum Gasteiger partial charge on any atom is 0.356 e. The second kappa shape index (κ2) is 9.81. The summed E-state index contributed by atoms with van der Waals surface area (Å²) in [6.45, 7) is 3.38. The summed E-state index contributed by atoms with van der Waals surface area (Å²) in [7, 11) is -1.95. The van der Waals surface area contributed by atoms with Crippen LogP contribution in [-0.2, 0) is 18.3 Å². The van der Waals surface area contributed by atoms with Gasteiger partial charge in [-0.3, -0.25) is 4.57 Å². The third-order valence-electron chi connectivity index (χ3n) is 3.27. The van der Waals surface area contributed by atoms with Crippen LogP contribution in [0.4, 0.5) is 5.95 Å². The number of hydrogen-bond acceptors (Lipinski definition) is 11. The molecule has 12 nitrogen and oxygen atoms in total. The minimum atomic E-state index is -3.39. The molecule has 0 saturated carbocycles. The van der Waals surface area contributed by atoms with Crippen molar-refractivity contribution in [2.24, 2.45) is 0 Å². The van der Waals surface area contributed by atoms with Crippen LogP contribution < -0.4 is 15.3 Å². The maximum absolute atomic E-state index is 12.4. The van der Waals surface area contributed by atoms with Gasteiger partial charge in [-0.2, -0.15) is 14.7 Å². The zero-order valence-corrected chi connectivity index (χ0v) is 16.3. The molecule has 0 bridgehead atoms. The zero-order chi connectivity index (χ0) is 19.9. The Morgan fingerprint density at radius 2 is 2.00 bits per heavy atom. The Morgan fingerprint density at radius 1 is 1.30 bits per heavy atom. The highest BCUT2D eigenvalue weighted by molar-refractivity contribution is 7.53. The van der Waals surface area contributed by atoms with E-state index >= 15 is 0 Å². The molecule has 2 aromatic rings. The first-order valence-electron chi connectivity index (χ1n) is 8.24. The number of nitrogen functional groups attached to an aromatic ring is 1. The van der Waals surface area contributed by atoms with E-state index in [9.17, 15) is 9.67 Å². The Morgan fingerprint density at radius 3 is 2.59 bits per heavy atom. The van der Waals surface area contributed by atoms with Crippen LogP contribution in [0.25, 0.3) is 11.2 Å². The van der Waals surface area contributed by atoms with Crippen molar-refractivity contribution in [3.05, 3.63) is 6.33 Å². The van der Waals surface area contributed by atoms with E-state index in [-0.39, 0.29) is 44.6 Å². The van der Waals surface area contributed by atoms with E-state index in [1.807, 2.05) is 0 Å². The summed E-state index contributed by atoms with van der Waals surface area (Å²) >= 11 is 0. The number of nitrogens with two attached hydrogens (primary N) is 1. The maximum atomic E-state index is 12.4. The molecule has 152 valence electrons. The first-order chi connectivity index (χ1) is 13.0. The van der Waals surface area contributed by atoms with Gasteiger partial charge in [0.25, 0.3) is 0 Å². The van der Waals surface area contributed by atoms with Crippen molar-refractivity contribution in [3.63, 3.8) is 0 Å². The molecule has 2 rings (SSSR count). The molecule has 2 heterocycles. The zero-order valence-electron chi connectivity index (χ0n) is 15.4. The molecule has 0 radical (unpaired) electrons. The number of ether oxygens (including phenoxy) is 2. The fourth-order valence-electron chi connectivity index (χ4n) is 2.13. The van der Waals surface area contributed by atoms with E-state index in [1.54, 1.807) is 13.8 Å². The van der Waals surface area contributed by atoms with Crippen molar-refractivity contribution in [2.75, 3.05) is 45.6 Å². The number of rotatable bonds is 12. The van der Waals surface area contributed by atoms with Crippen molar-refractivity contribution in [3.8, 4) is 5.88 Å². The Balaban J connectivity index is 2.02. The van der Waals surface area contributed by atoms with Crippen LogP contribution in [0.5, 0.6) is 5.88 Å². The van der Waals surface area contributed by atoms with Crippen LogP contribution >= 0.6 is 7.60 Å². The average molecular weight is 405 g/mol. The smallest absolute Gasteiger partial charge is 0.356 e. The van der Waals surface area contributed by atoms with Crippen LogP contribution in [0.15, 0.2) is 6.33 Å². The van der Waals surface area contributed by atoms with Crippen LogP contribution in [0.2, 0.25) is 0 Å². The summed E-state index contributed by atoms with van der Waals surface area (Å²) in [4.78, 5) is 17.6. The van der Waals surface area contributed by atoms with Crippen molar-refractivity contribution < 1.29 is 33.0 Å². The Kier molecular flexibility index (Phi) is 7.75. The predicted octanol–water partition coefficient (Wildman–Crippen LogP) is 0.447. The molecule has 0 fully saturated rings. The molecule has 1 atom stereocenters. The second-order valence-electron chi connectivity index (χ2n) is 5.18. The summed E-state index contributed by atoms with van der Waals surface area (Å²) in [5.41, 5.74) is 6.30. The van der Waals surface area contributed by atoms with Gasteiger partial charge in [0.05, 0.1) is 26.9 Å². The highest BCUT2D eigenvalue weighted by Crippen LogP contribution is 2.48. The lowest BCUT2D eigenvalue weighted by molar-refractivity contribution is -0.0345. The first kappa shape index (κ1) is 21.3. The Bertz CT molecular complexity index is 777. The highest BCUT2D eigenvalue weighted by atomic mass is 31.2. The normalized spacial score (nSPS) is 13.0. The molecule has 0 aliphatic rings. The first-order valence-corrected chi connectivity index (χ1v) is 9.97. The number of aliphatic hydroxyl groups excluding tert-OH is 1. The lowest BCUT2D eigenvalue weighted by Crippen LogP contribution is -2.30. The van der Waals surface area contributed by atoms with E-state index in [1.165, 1.54) is 18.2 Å². The molecule has 0 aliphatic heterocycles. The molecular weight excluding hydrogens is 381 g/mol. The molecule has 0 amide bonds. The monoisotopic (exact) mass is 405 g/mol. The lowest BCUT2D eigenvalue weighted by Gasteiger charge is -2.21. The largest absolute Gasteiger partial charge is 0.479 e. The third kappa shape index (κ3) is 5.50. The Labute approximate surface area is 156 Å². The second-order valence-corrected chi connectivity index (χ2v) is 7.17. The van der Waals surface area contributed by atoms with E-state index in [0.717, 1.165) is 0 Å². The lowest BCUT2D eigenvalue weighted by atomic mass is 10.4. The van der Waals surface area contributed by atoms with Gasteiger partial charge in [0, 0.05) is 0 Å². The van der Waals surface area contributed by atoms with Gasteiger partial charge >= 0.3 is 7.60 Å². The van der Waals surface area contributed by atoms with Gasteiger partial charge in [-0.05, 0) is 13.8 Å². The number of methoxy groups -OCH3 is 1. The number of aliphatic hydroxyl groups is 1. The highest BCUT2D eigenvalue weighted by Gasteiger charge is 2.26. The average Bonchev–Trinajstić information content (AvgIpc) is 3.04. The van der Waals surface area contributed by atoms with Gasteiger partial charge < -0.3 is 34.2 Å². The van der Waals surface area contributed by atoms with Gasteiger partial charge in [-0.25, -0.2) is 4.98 Å². The summed E-state index contributed by atoms with van der Waals surface area (Å²) < 4.78 is 34.5. The van der Waals surface area contributed by atoms with E-state index in [0.29, 0.717) is 11.2 Å². The topological polar surface area (TPSA) is 153 Å². The number of hydrogen-bond donors (Lipinski definition) is 2. The molecular formula is C14H24N5O7P. The fraction of sp³-hybridized carbons (Fsp3) is 0.643. The summed E-state index contributed by atoms with van der Waals surface area (Å²) in [6.07, 6.45) is 0.274. The molecule has 0 aliphatic carbocycles. The molecule has 27 heavy (non-hydrogen) atoms. The van der Waals surface area contributed by atoms with Crippen LogP contribution in [0, 0.1) is 0 Å².